The second kappa shape index (κ2) is 13.3. The number of para-hydroxylation sites is 3. The molecular weight excluding hydrogens is 633 g/mol. The van der Waals surface area contributed by atoms with Gasteiger partial charge in [-0.05, 0) is 84.6 Å². The van der Waals surface area contributed by atoms with Crippen LogP contribution >= 0.6 is 0 Å². The van der Waals surface area contributed by atoms with E-state index in [1.165, 1.54) is 32.9 Å². The molecule has 7 aromatic carbocycles. The van der Waals surface area contributed by atoms with Gasteiger partial charge in [0.25, 0.3) is 0 Å². The van der Waals surface area contributed by atoms with Crippen LogP contribution in [0, 0.1) is 0 Å². The fourth-order valence-electron chi connectivity index (χ4n) is 7.56. The van der Waals surface area contributed by atoms with E-state index in [2.05, 4.69) is 187 Å². The number of rotatable bonds is 8. The molecule has 0 aliphatic carbocycles. The summed E-state index contributed by atoms with van der Waals surface area (Å²) in [4.78, 5) is 13.1. The van der Waals surface area contributed by atoms with Crippen molar-refractivity contribution in [1.29, 1.82) is 0 Å². The third kappa shape index (κ3) is 5.41. The maximum Gasteiger partial charge on any atom is 0.0973 e. The SMILES string of the molecule is CCc1ccc(CC)c2nc(-c3ccc(N(c4ccccc4)c4ccc5c(c4)c4ccccc4n5-c4ccccc4)cc3)c(-c3ccccc3)nc12. The zero-order valence-electron chi connectivity index (χ0n) is 29.4. The fourth-order valence-corrected chi connectivity index (χ4v) is 7.56. The summed E-state index contributed by atoms with van der Waals surface area (Å²) in [5, 5.41) is 2.44. The summed E-state index contributed by atoms with van der Waals surface area (Å²) in [7, 11) is 0. The molecule has 9 aromatic rings. The van der Waals surface area contributed by atoms with Crippen LogP contribution in [0.5, 0.6) is 0 Å². The van der Waals surface area contributed by atoms with E-state index in [1.807, 2.05) is 6.07 Å². The lowest BCUT2D eigenvalue weighted by Gasteiger charge is -2.26. The maximum absolute atomic E-state index is 5.40. The van der Waals surface area contributed by atoms with E-state index in [1.54, 1.807) is 0 Å². The monoisotopic (exact) mass is 670 g/mol. The molecule has 0 unspecified atom stereocenters. The average molecular weight is 671 g/mol. The van der Waals surface area contributed by atoms with Gasteiger partial charge in [0.15, 0.2) is 0 Å². The number of aryl methyl sites for hydroxylation is 2. The Kier molecular flexibility index (Phi) is 8.05. The Bertz CT molecular complexity index is 2680. The molecule has 0 bridgehead atoms. The van der Waals surface area contributed by atoms with Crippen molar-refractivity contribution >= 4 is 49.9 Å². The number of hydrogen-bond donors (Lipinski definition) is 0. The van der Waals surface area contributed by atoms with Gasteiger partial charge < -0.3 is 9.47 Å². The van der Waals surface area contributed by atoms with Crippen LogP contribution in [0.3, 0.4) is 0 Å². The summed E-state index contributed by atoms with van der Waals surface area (Å²) in [6.07, 6.45) is 1.81. The highest BCUT2D eigenvalue weighted by atomic mass is 15.1. The summed E-state index contributed by atoms with van der Waals surface area (Å²) < 4.78 is 2.36. The maximum atomic E-state index is 5.40. The van der Waals surface area contributed by atoms with Crippen LogP contribution in [0.15, 0.2) is 170 Å². The van der Waals surface area contributed by atoms with Gasteiger partial charge in [-0.3, -0.25) is 0 Å². The molecule has 4 heteroatoms. The van der Waals surface area contributed by atoms with Gasteiger partial charge in [0.2, 0.25) is 0 Å². The molecule has 52 heavy (non-hydrogen) atoms. The third-order valence-corrected chi connectivity index (χ3v) is 10.1. The number of benzene rings is 7. The van der Waals surface area contributed by atoms with Crippen LogP contribution in [0.2, 0.25) is 0 Å². The summed E-state index contributed by atoms with van der Waals surface area (Å²) in [6.45, 7) is 4.38. The molecule has 0 saturated heterocycles. The van der Waals surface area contributed by atoms with E-state index >= 15 is 0 Å². The van der Waals surface area contributed by atoms with E-state index in [0.717, 1.165) is 69.1 Å². The van der Waals surface area contributed by atoms with E-state index in [-0.39, 0.29) is 0 Å². The number of fused-ring (bicyclic) bond motifs is 4. The lowest BCUT2D eigenvalue weighted by molar-refractivity contribution is 1.10. The summed E-state index contributed by atoms with van der Waals surface area (Å²) in [5.74, 6) is 0. The van der Waals surface area contributed by atoms with Crippen molar-refractivity contribution in [3.63, 3.8) is 0 Å². The highest BCUT2D eigenvalue weighted by molar-refractivity contribution is 6.10. The second-order valence-electron chi connectivity index (χ2n) is 13.2. The largest absolute Gasteiger partial charge is 0.310 e. The predicted octanol–water partition coefficient (Wildman–Crippen LogP) is 12.7. The quantitative estimate of drug-likeness (QED) is 0.161. The van der Waals surface area contributed by atoms with Crippen LogP contribution in [0.25, 0.3) is 61.0 Å². The molecular formula is C48H38N4. The fraction of sp³-hybridized carbons (Fsp3) is 0.0833. The van der Waals surface area contributed by atoms with Crippen molar-refractivity contribution in [3.8, 4) is 28.2 Å². The van der Waals surface area contributed by atoms with Crippen molar-refractivity contribution in [2.45, 2.75) is 26.7 Å². The van der Waals surface area contributed by atoms with Gasteiger partial charge in [0, 0.05) is 44.6 Å². The highest BCUT2D eigenvalue weighted by Gasteiger charge is 2.20. The van der Waals surface area contributed by atoms with Crippen molar-refractivity contribution in [2.75, 3.05) is 4.90 Å². The van der Waals surface area contributed by atoms with Crippen molar-refractivity contribution < 1.29 is 0 Å². The molecule has 4 nitrogen and oxygen atoms in total. The topological polar surface area (TPSA) is 34.0 Å². The molecule has 0 fully saturated rings. The zero-order valence-corrected chi connectivity index (χ0v) is 29.4. The average Bonchev–Trinajstić information content (AvgIpc) is 3.55. The van der Waals surface area contributed by atoms with Gasteiger partial charge in [-0.2, -0.15) is 0 Å². The molecule has 9 rings (SSSR count). The first-order valence-corrected chi connectivity index (χ1v) is 18.1. The highest BCUT2D eigenvalue weighted by Crippen LogP contribution is 2.41. The van der Waals surface area contributed by atoms with Gasteiger partial charge in [-0.25, -0.2) is 9.97 Å². The second-order valence-corrected chi connectivity index (χ2v) is 13.2. The van der Waals surface area contributed by atoms with E-state index in [9.17, 15) is 0 Å². The van der Waals surface area contributed by atoms with Crippen molar-refractivity contribution in [2.24, 2.45) is 0 Å². The molecule has 0 spiro atoms. The smallest absolute Gasteiger partial charge is 0.0973 e. The molecule has 0 radical (unpaired) electrons. The van der Waals surface area contributed by atoms with E-state index in [0.29, 0.717) is 0 Å². The van der Waals surface area contributed by atoms with Gasteiger partial charge in [0.05, 0.1) is 33.5 Å². The molecule has 0 saturated carbocycles. The molecule has 0 atom stereocenters. The standard InChI is InChI=1S/C48H38N4/c1-3-33-24-25-34(4-2)46-45(33)49-47(35-16-8-5-9-17-35)48(50-46)36-26-28-39(29-27-36)51(37-18-10-6-11-19-37)40-30-31-44-42(32-40)41-22-14-15-23-43(41)52(44)38-20-12-7-13-21-38/h5-32H,3-4H2,1-2H3. The molecule has 0 aliphatic rings. The van der Waals surface area contributed by atoms with Gasteiger partial charge in [-0.1, -0.05) is 123 Å². The summed E-state index contributed by atoms with van der Waals surface area (Å²) in [6, 6.07) is 60.4. The lowest BCUT2D eigenvalue weighted by atomic mass is 10.00. The minimum Gasteiger partial charge on any atom is -0.310 e. The third-order valence-electron chi connectivity index (χ3n) is 10.1. The summed E-state index contributed by atoms with van der Waals surface area (Å²) >= 11 is 0. The summed E-state index contributed by atoms with van der Waals surface area (Å²) in [5.41, 5.74) is 15.1. The minimum atomic E-state index is 0.898. The molecule has 0 amide bonds. The van der Waals surface area contributed by atoms with Gasteiger partial charge in [-0.15, -0.1) is 0 Å². The van der Waals surface area contributed by atoms with Crippen molar-refractivity contribution in [1.82, 2.24) is 14.5 Å². The Morgan fingerprint density at radius 3 is 1.58 bits per heavy atom. The lowest BCUT2D eigenvalue weighted by Crippen LogP contribution is -2.09. The van der Waals surface area contributed by atoms with Crippen LogP contribution in [0.4, 0.5) is 17.1 Å². The predicted molar refractivity (Wildman–Crippen MR) is 218 cm³/mol. The Morgan fingerprint density at radius 1 is 0.442 bits per heavy atom. The number of aromatic nitrogens is 3. The van der Waals surface area contributed by atoms with Gasteiger partial charge >= 0.3 is 0 Å². The van der Waals surface area contributed by atoms with Crippen LogP contribution in [-0.4, -0.2) is 14.5 Å². The molecule has 250 valence electrons. The Morgan fingerprint density at radius 2 is 0.942 bits per heavy atom. The Labute approximate surface area is 304 Å². The number of nitrogens with zero attached hydrogens (tertiary/aromatic N) is 4. The van der Waals surface area contributed by atoms with Crippen LogP contribution in [-0.2, 0) is 12.8 Å². The first kappa shape index (κ1) is 31.5. The molecule has 2 heterocycles. The first-order chi connectivity index (χ1) is 25.7. The number of hydrogen-bond acceptors (Lipinski definition) is 3. The molecule has 0 N–H and O–H groups in total. The van der Waals surface area contributed by atoms with E-state index in [4.69, 9.17) is 9.97 Å². The first-order valence-electron chi connectivity index (χ1n) is 18.1. The van der Waals surface area contributed by atoms with Crippen LogP contribution < -0.4 is 4.90 Å². The Hall–Kier alpha value is -6.52. The Balaban J connectivity index is 1.20. The zero-order chi connectivity index (χ0) is 35.0. The normalized spacial score (nSPS) is 11.4. The molecule has 2 aromatic heterocycles. The number of anilines is 3. The van der Waals surface area contributed by atoms with Gasteiger partial charge in [0.1, 0.15) is 0 Å². The van der Waals surface area contributed by atoms with E-state index < -0.39 is 0 Å². The van der Waals surface area contributed by atoms with Crippen LogP contribution in [0.1, 0.15) is 25.0 Å². The van der Waals surface area contributed by atoms with Crippen molar-refractivity contribution in [3.05, 3.63) is 181 Å². The molecule has 0 aliphatic heterocycles. The minimum absolute atomic E-state index is 0.898.